The summed E-state index contributed by atoms with van der Waals surface area (Å²) in [6, 6.07) is 12.8. The summed E-state index contributed by atoms with van der Waals surface area (Å²) in [5.74, 6) is 0.154. The zero-order valence-corrected chi connectivity index (χ0v) is 18.3. The molecule has 31 heavy (non-hydrogen) atoms. The second-order valence-electron chi connectivity index (χ2n) is 8.12. The molecule has 1 aliphatic heterocycles. The van der Waals surface area contributed by atoms with Crippen molar-refractivity contribution in [2.75, 3.05) is 12.3 Å². The van der Waals surface area contributed by atoms with Gasteiger partial charge < -0.3 is 15.0 Å². The van der Waals surface area contributed by atoms with Crippen molar-refractivity contribution >= 4 is 37.9 Å². The minimum atomic E-state index is -3.92. The van der Waals surface area contributed by atoms with Gasteiger partial charge in [-0.05, 0) is 56.0 Å². The Balaban J connectivity index is 1.81. The number of hydrogen-bond acceptors (Lipinski definition) is 6. The van der Waals surface area contributed by atoms with Gasteiger partial charge in [0, 0.05) is 6.61 Å². The highest BCUT2D eigenvalue weighted by Crippen LogP contribution is 2.37. The number of nitrogens with two attached hydrogens (primary N) is 1. The molecule has 1 aliphatic rings. The van der Waals surface area contributed by atoms with E-state index in [9.17, 15) is 8.42 Å². The van der Waals surface area contributed by atoms with Crippen LogP contribution in [0, 0.1) is 13.8 Å². The van der Waals surface area contributed by atoms with Crippen LogP contribution >= 0.6 is 0 Å². The molecule has 0 amide bonds. The Bertz CT molecular complexity index is 1420. The van der Waals surface area contributed by atoms with E-state index < -0.39 is 9.84 Å². The van der Waals surface area contributed by atoms with Crippen LogP contribution in [0.2, 0.25) is 0 Å². The fraction of sp³-hybridized carbons (Fsp3) is 0.304. The van der Waals surface area contributed by atoms with Crippen LogP contribution in [0.3, 0.4) is 0 Å². The molecule has 1 atom stereocenters. The molecule has 0 saturated carbocycles. The van der Waals surface area contributed by atoms with E-state index in [1.54, 1.807) is 17.6 Å². The lowest BCUT2D eigenvalue weighted by Gasteiger charge is -2.13. The van der Waals surface area contributed by atoms with Gasteiger partial charge in [0.1, 0.15) is 16.2 Å². The maximum atomic E-state index is 13.8. The Morgan fingerprint density at radius 1 is 1.13 bits per heavy atom. The molecule has 0 radical (unpaired) electrons. The number of para-hydroxylation sites is 2. The molecule has 0 aliphatic carbocycles. The first-order valence-corrected chi connectivity index (χ1v) is 11.8. The summed E-state index contributed by atoms with van der Waals surface area (Å²) in [7, 11) is -3.92. The number of fused-ring (bicyclic) bond motifs is 2. The van der Waals surface area contributed by atoms with Crippen molar-refractivity contribution in [2.45, 2.75) is 49.1 Å². The topological polar surface area (TPSA) is 100 Å². The average molecular weight is 437 g/mol. The van der Waals surface area contributed by atoms with E-state index in [2.05, 4.69) is 0 Å². The maximum absolute atomic E-state index is 13.8. The Kier molecular flexibility index (Phi) is 4.71. The molecule has 8 heteroatoms. The first-order chi connectivity index (χ1) is 14.9. The van der Waals surface area contributed by atoms with Crippen LogP contribution in [0.1, 0.15) is 24.0 Å². The lowest BCUT2D eigenvalue weighted by molar-refractivity contribution is 0.0983. The first kappa shape index (κ1) is 20.0. The quantitative estimate of drug-likeness (QED) is 0.522. The third kappa shape index (κ3) is 3.26. The van der Waals surface area contributed by atoms with Gasteiger partial charge in [-0.2, -0.15) is 0 Å². The molecule has 7 nitrogen and oxygen atoms in total. The highest BCUT2D eigenvalue weighted by Gasteiger charge is 2.32. The van der Waals surface area contributed by atoms with E-state index in [4.69, 9.17) is 20.4 Å². The van der Waals surface area contributed by atoms with E-state index in [0.717, 1.165) is 18.4 Å². The van der Waals surface area contributed by atoms with Crippen LogP contribution in [-0.4, -0.2) is 35.7 Å². The van der Waals surface area contributed by atoms with Gasteiger partial charge in [-0.3, -0.25) is 0 Å². The molecule has 0 spiro atoms. The number of ether oxygens (including phenoxy) is 1. The van der Waals surface area contributed by atoms with Gasteiger partial charge in [0.25, 0.3) is 0 Å². The third-order valence-corrected chi connectivity index (χ3v) is 7.82. The largest absolute Gasteiger partial charge is 0.384 e. The Labute approximate surface area is 180 Å². The van der Waals surface area contributed by atoms with Gasteiger partial charge in [0.15, 0.2) is 5.65 Å². The van der Waals surface area contributed by atoms with Crippen molar-refractivity contribution in [3.05, 3.63) is 53.6 Å². The predicted molar refractivity (Wildman–Crippen MR) is 120 cm³/mol. The highest BCUT2D eigenvalue weighted by atomic mass is 32.2. The number of benzene rings is 2. The number of nitrogen functional groups attached to an aromatic ring is 1. The highest BCUT2D eigenvalue weighted by molar-refractivity contribution is 7.92. The number of aryl methyl sites for hydroxylation is 2. The first-order valence-electron chi connectivity index (χ1n) is 10.3. The molecule has 1 unspecified atom stereocenters. The fourth-order valence-corrected chi connectivity index (χ4v) is 6.07. The van der Waals surface area contributed by atoms with Crippen molar-refractivity contribution in [1.82, 2.24) is 14.5 Å². The van der Waals surface area contributed by atoms with Gasteiger partial charge >= 0.3 is 0 Å². The minimum absolute atomic E-state index is 0.0208. The van der Waals surface area contributed by atoms with Gasteiger partial charge in [-0.15, -0.1) is 0 Å². The average Bonchev–Trinajstić information content (AvgIpc) is 3.35. The van der Waals surface area contributed by atoms with Gasteiger partial charge in [0.05, 0.1) is 28.6 Å². The molecule has 2 aromatic carbocycles. The van der Waals surface area contributed by atoms with E-state index in [1.165, 1.54) is 0 Å². The molecule has 2 aromatic heterocycles. The molecular formula is C23H24N4O3S. The van der Waals surface area contributed by atoms with E-state index >= 15 is 0 Å². The number of aromatic nitrogens is 3. The summed E-state index contributed by atoms with van der Waals surface area (Å²) in [6.45, 7) is 4.80. The van der Waals surface area contributed by atoms with E-state index in [1.807, 2.05) is 43.3 Å². The Morgan fingerprint density at radius 3 is 2.58 bits per heavy atom. The summed E-state index contributed by atoms with van der Waals surface area (Å²) in [4.78, 5) is 9.70. The lowest BCUT2D eigenvalue weighted by atomic mass is 10.2. The summed E-state index contributed by atoms with van der Waals surface area (Å²) in [6.07, 6.45) is 1.85. The molecule has 4 aromatic rings. The monoisotopic (exact) mass is 436 g/mol. The van der Waals surface area contributed by atoms with Crippen molar-refractivity contribution in [2.24, 2.45) is 0 Å². The van der Waals surface area contributed by atoms with Crippen LogP contribution in [0.25, 0.3) is 22.2 Å². The van der Waals surface area contributed by atoms with Crippen molar-refractivity contribution in [1.29, 1.82) is 0 Å². The molecule has 160 valence electrons. The van der Waals surface area contributed by atoms with Gasteiger partial charge in [0.2, 0.25) is 9.84 Å². The molecular weight excluding hydrogens is 412 g/mol. The van der Waals surface area contributed by atoms with Crippen LogP contribution in [0.4, 0.5) is 5.82 Å². The number of anilines is 1. The van der Waals surface area contributed by atoms with Crippen LogP contribution in [-0.2, 0) is 21.1 Å². The Morgan fingerprint density at radius 2 is 1.87 bits per heavy atom. The van der Waals surface area contributed by atoms with E-state index in [0.29, 0.717) is 40.9 Å². The van der Waals surface area contributed by atoms with Crippen molar-refractivity contribution in [3.63, 3.8) is 0 Å². The molecule has 5 rings (SSSR count). The normalized spacial score (nSPS) is 17.0. The lowest BCUT2D eigenvalue weighted by Crippen LogP contribution is -2.17. The molecule has 1 saturated heterocycles. The predicted octanol–water partition coefficient (Wildman–Crippen LogP) is 3.80. The van der Waals surface area contributed by atoms with Crippen LogP contribution < -0.4 is 5.73 Å². The molecule has 0 bridgehead atoms. The van der Waals surface area contributed by atoms with Crippen LogP contribution in [0.15, 0.2) is 52.3 Å². The van der Waals surface area contributed by atoms with Crippen LogP contribution in [0.5, 0.6) is 0 Å². The summed E-state index contributed by atoms with van der Waals surface area (Å²) in [5.41, 5.74) is 10.1. The zero-order valence-electron chi connectivity index (χ0n) is 17.5. The smallest absolute Gasteiger partial charge is 0.212 e. The Hall–Kier alpha value is -2.97. The summed E-state index contributed by atoms with van der Waals surface area (Å²) < 4.78 is 35.2. The molecule has 3 heterocycles. The SMILES string of the molecule is Cc1ccc(C)c(S(=O)(=O)c2c(N)n(CC3CCCO3)c3nc4ccccc4nc23)c1. The standard InChI is InChI=1S/C23H24N4O3S/c1-14-9-10-15(2)19(12-14)31(28,29)21-20-23(26-18-8-4-3-7-17(18)25-20)27(22(21)24)13-16-6-5-11-30-16/h3-4,7-10,12,16H,5-6,11,13,24H2,1-2H3. The van der Waals surface area contributed by atoms with Gasteiger partial charge in [-0.1, -0.05) is 24.3 Å². The summed E-state index contributed by atoms with van der Waals surface area (Å²) in [5, 5.41) is 0. The van der Waals surface area contributed by atoms with Gasteiger partial charge in [-0.25, -0.2) is 18.4 Å². The zero-order chi connectivity index (χ0) is 21.8. The van der Waals surface area contributed by atoms with Crippen molar-refractivity contribution < 1.29 is 13.2 Å². The van der Waals surface area contributed by atoms with Crippen molar-refractivity contribution in [3.8, 4) is 0 Å². The second kappa shape index (κ2) is 7.32. The number of hydrogen-bond donors (Lipinski definition) is 1. The minimum Gasteiger partial charge on any atom is -0.384 e. The third-order valence-electron chi connectivity index (χ3n) is 5.86. The fourth-order valence-electron chi connectivity index (χ4n) is 4.24. The van der Waals surface area contributed by atoms with E-state index in [-0.39, 0.29) is 21.7 Å². The number of sulfone groups is 1. The number of rotatable bonds is 4. The second-order valence-corrected chi connectivity index (χ2v) is 9.97. The molecule has 1 fully saturated rings. The summed E-state index contributed by atoms with van der Waals surface area (Å²) >= 11 is 0. The number of nitrogens with zero attached hydrogens (tertiary/aromatic N) is 3. The maximum Gasteiger partial charge on any atom is 0.212 e. The molecule has 2 N–H and O–H groups in total.